The molecule has 154 valence electrons. The second kappa shape index (κ2) is 8.54. The fraction of sp³-hybridized carbons (Fsp3) is 0.682. The second-order valence-electron chi connectivity index (χ2n) is 8.60. The standard InChI is InChI=1S/C22H32N2O3S/c25-22(24-17-5-7-19-6-1-2-8-21(19)24)14-11-18-9-12-20(13-10-18)28(26,27)23-15-3-4-16-23/h9-10,12-13,19,21H,1-8,11,14-17H2/t19-,21-/m1/s1. The molecular formula is C22H32N2O3S. The van der Waals surface area contributed by atoms with Gasteiger partial charge in [0.2, 0.25) is 15.9 Å². The van der Waals surface area contributed by atoms with E-state index in [0.717, 1.165) is 31.4 Å². The second-order valence-corrected chi connectivity index (χ2v) is 10.5. The van der Waals surface area contributed by atoms with Crippen LogP contribution in [0.2, 0.25) is 0 Å². The number of benzene rings is 1. The zero-order valence-corrected chi connectivity index (χ0v) is 17.5. The lowest BCUT2D eigenvalue weighted by atomic mass is 9.78. The van der Waals surface area contributed by atoms with E-state index in [2.05, 4.69) is 4.90 Å². The number of likely N-dealkylation sites (tertiary alicyclic amines) is 1. The van der Waals surface area contributed by atoms with E-state index >= 15 is 0 Å². The molecule has 1 amide bonds. The molecule has 28 heavy (non-hydrogen) atoms. The minimum absolute atomic E-state index is 0.269. The molecule has 1 aromatic carbocycles. The molecule has 2 heterocycles. The maximum atomic E-state index is 12.8. The van der Waals surface area contributed by atoms with E-state index in [1.807, 2.05) is 12.1 Å². The Bertz CT molecular complexity index is 783. The van der Waals surface area contributed by atoms with Crippen LogP contribution in [-0.4, -0.2) is 49.2 Å². The van der Waals surface area contributed by atoms with Crippen LogP contribution < -0.4 is 0 Å². The van der Waals surface area contributed by atoms with Gasteiger partial charge in [-0.05, 0) is 68.6 Å². The molecule has 6 heteroatoms. The van der Waals surface area contributed by atoms with Crippen LogP contribution in [0.25, 0.3) is 0 Å². The van der Waals surface area contributed by atoms with E-state index in [-0.39, 0.29) is 5.91 Å². The number of sulfonamides is 1. The fourth-order valence-corrected chi connectivity index (χ4v) is 6.75. The molecule has 0 spiro atoms. The maximum absolute atomic E-state index is 12.8. The third-order valence-electron chi connectivity index (χ3n) is 6.82. The first-order valence-electron chi connectivity index (χ1n) is 10.9. The summed E-state index contributed by atoms with van der Waals surface area (Å²) in [4.78, 5) is 15.4. The molecule has 3 aliphatic rings. The molecule has 4 rings (SSSR count). The normalized spacial score (nSPS) is 26.2. The summed E-state index contributed by atoms with van der Waals surface area (Å²) in [5.74, 6) is 0.979. The summed E-state index contributed by atoms with van der Waals surface area (Å²) in [7, 11) is -3.36. The Kier molecular flexibility index (Phi) is 6.07. The van der Waals surface area contributed by atoms with Gasteiger partial charge in [-0.3, -0.25) is 4.79 Å². The molecule has 1 saturated carbocycles. The summed E-state index contributed by atoms with van der Waals surface area (Å²) in [6.07, 6.45) is 10.5. The molecule has 0 N–H and O–H groups in total. The Morgan fingerprint density at radius 3 is 2.32 bits per heavy atom. The molecule has 3 fully saturated rings. The van der Waals surface area contributed by atoms with E-state index in [1.54, 1.807) is 16.4 Å². The number of hydrogen-bond acceptors (Lipinski definition) is 3. The lowest BCUT2D eigenvalue weighted by Crippen LogP contribution is -2.49. The Balaban J connectivity index is 1.35. The highest BCUT2D eigenvalue weighted by atomic mass is 32.2. The first kappa shape index (κ1) is 19.9. The topological polar surface area (TPSA) is 57.7 Å². The van der Waals surface area contributed by atoms with Crippen molar-refractivity contribution in [1.29, 1.82) is 0 Å². The van der Waals surface area contributed by atoms with Crippen LogP contribution in [0, 0.1) is 5.92 Å². The molecule has 2 aliphatic heterocycles. The van der Waals surface area contributed by atoms with Gasteiger partial charge in [-0.25, -0.2) is 8.42 Å². The lowest BCUT2D eigenvalue weighted by Gasteiger charge is -2.44. The molecule has 0 bridgehead atoms. The maximum Gasteiger partial charge on any atom is 0.243 e. The van der Waals surface area contributed by atoms with E-state index in [4.69, 9.17) is 0 Å². The van der Waals surface area contributed by atoms with Crippen LogP contribution in [0.4, 0.5) is 0 Å². The number of aryl methyl sites for hydroxylation is 1. The van der Waals surface area contributed by atoms with Crippen LogP contribution in [-0.2, 0) is 21.2 Å². The Hall–Kier alpha value is -1.40. The van der Waals surface area contributed by atoms with Crippen LogP contribution in [0.5, 0.6) is 0 Å². The first-order chi connectivity index (χ1) is 13.6. The first-order valence-corrected chi connectivity index (χ1v) is 12.4. The number of fused-ring (bicyclic) bond motifs is 1. The lowest BCUT2D eigenvalue weighted by molar-refractivity contribution is -0.137. The van der Waals surface area contributed by atoms with Crippen LogP contribution >= 0.6 is 0 Å². The van der Waals surface area contributed by atoms with Crippen LogP contribution in [0.3, 0.4) is 0 Å². The van der Waals surface area contributed by atoms with E-state index in [1.165, 1.54) is 32.1 Å². The highest BCUT2D eigenvalue weighted by Crippen LogP contribution is 2.35. The average Bonchev–Trinajstić information content (AvgIpc) is 3.28. The van der Waals surface area contributed by atoms with Gasteiger partial charge in [-0.15, -0.1) is 0 Å². The number of nitrogens with zero attached hydrogens (tertiary/aromatic N) is 2. The Morgan fingerprint density at radius 1 is 0.893 bits per heavy atom. The highest BCUT2D eigenvalue weighted by molar-refractivity contribution is 7.89. The summed E-state index contributed by atoms with van der Waals surface area (Å²) >= 11 is 0. The summed E-state index contributed by atoms with van der Waals surface area (Å²) < 4.78 is 26.8. The predicted octanol–water partition coefficient (Wildman–Crippen LogP) is 3.58. The molecule has 0 aromatic heterocycles. The molecule has 2 atom stereocenters. The summed E-state index contributed by atoms with van der Waals surface area (Å²) in [5.41, 5.74) is 1.03. The molecule has 0 unspecified atom stereocenters. The van der Waals surface area contributed by atoms with Gasteiger partial charge in [0.25, 0.3) is 0 Å². The van der Waals surface area contributed by atoms with Gasteiger partial charge in [-0.1, -0.05) is 25.0 Å². The van der Waals surface area contributed by atoms with Crippen molar-refractivity contribution in [3.63, 3.8) is 0 Å². The van der Waals surface area contributed by atoms with E-state index in [9.17, 15) is 13.2 Å². The number of piperidine rings is 1. The predicted molar refractivity (Wildman–Crippen MR) is 109 cm³/mol. The van der Waals surface area contributed by atoms with E-state index < -0.39 is 10.0 Å². The minimum Gasteiger partial charge on any atom is -0.339 e. The van der Waals surface area contributed by atoms with Gasteiger partial charge in [0.05, 0.1) is 4.90 Å². The van der Waals surface area contributed by atoms with Crippen molar-refractivity contribution in [2.24, 2.45) is 5.92 Å². The zero-order chi connectivity index (χ0) is 19.6. The fourth-order valence-electron chi connectivity index (χ4n) is 5.23. The van der Waals surface area contributed by atoms with Crippen molar-refractivity contribution in [2.75, 3.05) is 19.6 Å². The summed E-state index contributed by atoms with van der Waals surface area (Å²) in [5, 5.41) is 0. The van der Waals surface area contributed by atoms with Crippen molar-refractivity contribution < 1.29 is 13.2 Å². The Labute approximate surface area is 169 Å². The number of carbonyl (C=O) groups excluding carboxylic acids is 1. The van der Waals surface area contributed by atoms with Crippen molar-refractivity contribution in [3.8, 4) is 0 Å². The monoisotopic (exact) mass is 404 g/mol. The van der Waals surface area contributed by atoms with Crippen molar-refractivity contribution in [2.45, 2.75) is 75.1 Å². The quantitative estimate of drug-likeness (QED) is 0.754. The van der Waals surface area contributed by atoms with E-state index in [0.29, 0.717) is 42.8 Å². The number of hydrogen-bond donors (Lipinski definition) is 0. The third-order valence-corrected chi connectivity index (χ3v) is 8.73. The Morgan fingerprint density at radius 2 is 1.57 bits per heavy atom. The van der Waals surface area contributed by atoms with Gasteiger partial charge in [0, 0.05) is 32.1 Å². The van der Waals surface area contributed by atoms with Gasteiger partial charge in [-0.2, -0.15) is 4.31 Å². The van der Waals surface area contributed by atoms with Crippen molar-refractivity contribution >= 4 is 15.9 Å². The van der Waals surface area contributed by atoms with Gasteiger partial charge < -0.3 is 4.90 Å². The summed E-state index contributed by atoms with van der Waals surface area (Å²) in [6, 6.07) is 7.60. The van der Waals surface area contributed by atoms with Gasteiger partial charge in [0.15, 0.2) is 0 Å². The molecule has 1 aromatic rings. The number of carbonyl (C=O) groups is 1. The van der Waals surface area contributed by atoms with Gasteiger partial charge >= 0.3 is 0 Å². The van der Waals surface area contributed by atoms with Gasteiger partial charge in [0.1, 0.15) is 0 Å². The highest BCUT2D eigenvalue weighted by Gasteiger charge is 2.35. The largest absolute Gasteiger partial charge is 0.339 e. The number of rotatable bonds is 5. The van der Waals surface area contributed by atoms with Crippen LogP contribution in [0.15, 0.2) is 29.2 Å². The molecule has 2 saturated heterocycles. The van der Waals surface area contributed by atoms with Crippen LogP contribution in [0.1, 0.15) is 63.4 Å². The molecule has 1 aliphatic carbocycles. The molecular weight excluding hydrogens is 372 g/mol. The average molecular weight is 405 g/mol. The number of amides is 1. The summed E-state index contributed by atoms with van der Waals surface area (Å²) in [6.45, 7) is 2.15. The van der Waals surface area contributed by atoms with Crippen molar-refractivity contribution in [3.05, 3.63) is 29.8 Å². The SMILES string of the molecule is O=C(CCc1ccc(S(=O)(=O)N2CCCC2)cc1)N1CCC[C@H]2CCCC[C@H]21. The third kappa shape index (κ3) is 4.13. The van der Waals surface area contributed by atoms with Crippen molar-refractivity contribution in [1.82, 2.24) is 9.21 Å². The zero-order valence-electron chi connectivity index (χ0n) is 16.7. The molecule has 5 nitrogen and oxygen atoms in total. The smallest absolute Gasteiger partial charge is 0.243 e. The molecule has 0 radical (unpaired) electrons. The minimum atomic E-state index is -3.36.